The molecule has 0 heterocycles. The fraction of sp³-hybridized carbons (Fsp3) is 0.455. The number of benzene rings is 2. The van der Waals surface area contributed by atoms with Crippen molar-refractivity contribution >= 4 is 10.8 Å². The Kier molecular flexibility index (Phi) is 12.0. The van der Waals surface area contributed by atoms with Crippen LogP contribution in [0.15, 0.2) is 70.9 Å². The van der Waals surface area contributed by atoms with E-state index < -0.39 is 6.10 Å². The predicted octanol–water partition coefficient (Wildman–Crippen LogP) is 9.34. The second kappa shape index (κ2) is 14.7. The van der Waals surface area contributed by atoms with Gasteiger partial charge in [0.1, 0.15) is 17.6 Å². The van der Waals surface area contributed by atoms with E-state index in [0.29, 0.717) is 5.75 Å². The molecule has 3 nitrogen and oxygen atoms in total. The average molecular weight is 491 g/mol. The van der Waals surface area contributed by atoms with E-state index in [4.69, 9.17) is 9.47 Å². The molecule has 0 aromatic heterocycles. The number of aliphatic hydroxyl groups excluding tert-OH is 1. The molecule has 0 fully saturated rings. The first kappa shape index (κ1) is 29.5. The number of hydrogen-bond donors (Lipinski definition) is 1. The summed E-state index contributed by atoms with van der Waals surface area (Å²) < 4.78 is 11.5. The quantitative estimate of drug-likeness (QED) is 0.284. The summed E-state index contributed by atoms with van der Waals surface area (Å²) in [5, 5.41) is 13.1. The van der Waals surface area contributed by atoms with Crippen molar-refractivity contribution in [1.82, 2.24) is 0 Å². The fourth-order valence-electron chi connectivity index (χ4n) is 4.68. The summed E-state index contributed by atoms with van der Waals surface area (Å²) in [6.45, 7) is 12.8. The molecule has 0 radical (unpaired) electrons. The van der Waals surface area contributed by atoms with E-state index in [2.05, 4.69) is 52.8 Å². The highest BCUT2D eigenvalue weighted by molar-refractivity contribution is 5.96. The number of hydrogen-bond acceptors (Lipinski definition) is 3. The van der Waals surface area contributed by atoms with Crippen molar-refractivity contribution in [3.63, 3.8) is 0 Å². The zero-order valence-electron chi connectivity index (χ0n) is 23.7. The minimum Gasteiger partial charge on any atom is -0.496 e. The molecule has 1 unspecified atom stereocenters. The number of rotatable bonds is 13. The van der Waals surface area contributed by atoms with Gasteiger partial charge >= 0.3 is 0 Å². The van der Waals surface area contributed by atoms with Crippen LogP contribution >= 0.6 is 0 Å². The SMILES string of the molecule is COc1c(C)c(C(O)/C=C(\C)CC/C=C(\C)CC/C=C(\C)CCC=C(C)C)c(OC)c2ccccc12. The molecule has 0 aliphatic heterocycles. The van der Waals surface area contributed by atoms with Gasteiger partial charge < -0.3 is 14.6 Å². The fourth-order valence-corrected chi connectivity index (χ4v) is 4.68. The van der Waals surface area contributed by atoms with Crippen LogP contribution in [-0.4, -0.2) is 19.3 Å². The van der Waals surface area contributed by atoms with Crippen LogP contribution < -0.4 is 9.47 Å². The molecule has 0 spiro atoms. The molecule has 36 heavy (non-hydrogen) atoms. The summed E-state index contributed by atoms with van der Waals surface area (Å²) in [6, 6.07) is 8.00. The zero-order valence-corrected chi connectivity index (χ0v) is 23.7. The summed E-state index contributed by atoms with van der Waals surface area (Å²) in [5.74, 6) is 1.49. The van der Waals surface area contributed by atoms with Gasteiger partial charge in [-0.2, -0.15) is 0 Å². The van der Waals surface area contributed by atoms with E-state index >= 15 is 0 Å². The van der Waals surface area contributed by atoms with Gasteiger partial charge in [0, 0.05) is 21.9 Å². The molecule has 0 aliphatic rings. The Morgan fingerprint density at radius 2 is 1.22 bits per heavy atom. The summed E-state index contributed by atoms with van der Waals surface area (Å²) in [6.07, 6.45) is 14.6. The maximum atomic E-state index is 11.2. The van der Waals surface area contributed by atoms with Gasteiger partial charge in [0.25, 0.3) is 0 Å². The lowest BCUT2D eigenvalue weighted by atomic mass is 9.93. The smallest absolute Gasteiger partial charge is 0.133 e. The Labute approximate surface area is 219 Å². The zero-order chi connectivity index (χ0) is 26.7. The van der Waals surface area contributed by atoms with Crippen molar-refractivity contribution in [2.24, 2.45) is 0 Å². The van der Waals surface area contributed by atoms with Crippen LogP contribution in [0.2, 0.25) is 0 Å². The molecule has 0 saturated carbocycles. The van der Waals surface area contributed by atoms with Gasteiger partial charge in [0.15, 0.2) is 0 Å². The molecular weight excluding hydrogens is 444 g/mol. The van der Waals surface area contributed by atoms with Crippen LogP contribution in [0, 0.1) is 6.92 Å². The molecule has 2 rings (SSSR count). The monoisotopic (exact) mass is 490 g/mol. The second-order valence-corrected chi connectivity index (χ2v) is 10.1. The Morgan fingerprint density at radius 1 is 0.750 bits per heavy atom. The van der Waals surface area contributed by atoms with Crippen LogP contribution in [0.25, 0.3) is 10.8 Å². The molecule has 2 aromatic rings. The number of allylic oxidation sites excluding steroid dienone is 7. The molecule has 196 valence electrons. The summed E-state index contributed by atoms with van der Waals surface area (Å²) in [7, 11) is 3.34. The molecule has 0 amide bonds. The van der Waals surface area contributed by atoms with E-state index in [1.54, 1.807) is 14.2 Å². The number of methoxy groups -OCH3 is 2. The lowest BCUT2D eigenvalue weighted by Gasteiger charge is -2.21. The standard InChI is InChI=1S/C33H46O3/c1-23(2)14-11-15-24(3)16-12-17-25(4)18-13-19-26(5)22-30(34)31-27(6)32(35-7)28-20-9-10-21-29(28)33(31)36-8/h9-10,14,16,18,20-22,30,34H,11-13,15,17,19H2,1-8H3/b24-16+,25-18+,26-22+. The Bertz CT molecular complexity index is 1130. The third-order valence-electron chi connectivity index (χ3n) is 6.71. The normalized spacial score (nSPS) is 13.6. The van der Waals surface area contributed by atoms with E-state index in [0.717, 1.165) is 71.7 Å². The first-order valence-corrected chi connectivity index (χ1v) is 13.1. The van der Waals surface area contributed by atoms with Crippen molar-refractivity contribution in [1.29, 1.82) is 0 Å². The van der Waals surface area contributed by atoms with Gasteiger partial charge in [-0.3, -0.25) is 0 Å². The molecule has 1 atom stereocenters. The Balaban J connectivity index is 2.03. The highest BCUT2D eigenvalue weighted by atomic mass is 16.5. The highest BCUT2D eigenvalue weighted by Gasteiger charge is 2.22. The van der Waals surface area contributed by atoms with Crippen molar-refractivity contribution in [3.8, 4) is 11.5 Å². The van der Waals surface area contributed by atoms with Gasteiger partial charge in [-0.1, -0.05) is 70.9 Å². The van der Waals surface area contributed by atoms with Crippen LogP contribution in [0.5, 0.6) is 11.5 Å². The maximum absolute atomic E-state index is 11.2. The molecule has 0 aliphatic carbocycles. The minimum atomic E-state index is -0.761. The number of fused-ring (bicyclic) bond motifs is 1. The van der Waals surface area contributed by atoms with E-state index in [9.17, 15) is 5.11 Å². The third kappa shape index (κ3) is 8.41. The maximum Gasteiger partial charge on any atom is 0.133 e. The van der Waals surface area contributed by atoms with Crippen LogP contribution in [0.4, 0.5) is 0 Å². The van der Waals surface area contributed by atoms with Crippen molar-refractivity contribution in [3.05, 3.63) is 82.0 Å². The summed E-state index contributed by atoms with van der Waals surface area (Å²) >= 11 is 0. The van der Waals surface area contributed by atoms with Gasteiger partial charge in [-0.15, -0.1) is 0 Å². The van der Waals surface area contributed by atoms with Gasteiger partial charge in [0.05, 0.1) is 14.2 Å². The Hall–Kier alpha value is -2.78. The number of aliphatic hydroxyl groups is 1. The Morgan fingerprint density at radius 3 is 1.72 bits per heavy atom. The van der Waals surface area contributed by atoms with Crippen LogP contribution in [0.3, 0.4) is 0 Å². The molecular formula is C33H46O3. The van der Waals surface area contributed by atoms with E-state index in [1.165, 1.54) is 16.7 Å². The molecule has 0 saturated heterocycles. The lowest BCUT2D eigenvalue weighted by Crippen LogP contribution is -2.05. The second-order valence-electron chi connectivity index (χ2n) is 10.1. The molecule has 2 aromatic carbocycles. The first-order valence-electron chi connectivity index (χ1n) is 13.1. The largest absolute Gasteiger partial charge is 0.496 e. The third-order valence-corrected chi connectivity index (χ3v) is 6.71. The highest BCUT2D eigenvalue weighted by Crippen LogP contribution is 2.43. The van der Waals surface area contributed by atoms with Crippen LogP contribution in [0.1, 0.15) is 90.4 Å². The lowest BCUT2D eigenvalue weighted by molar-refractivity contribution is 0.220. The minimum absolute atomic E-state index is 0.709. The summed E-state index contributed by atoms with van der Waals surface area (Å²) in [4.78, 5) is 0. The van der Waals surface area contributed by atoms with Gasteiger partial charge in [-0.25, -0.2) is 0 Å². The first-order chi connectivity index (χ1) is 17.2. The van der Waals surface area contributed by atoms with Crippen molar-refractivity contribution < 1.29 is 14.6 Å². The molecule has 0 bridgehead atoms. The van der Waals surface area contributed by atoms with Crippen LogP contribution in [-0.2, 0) is 0 Å². The average Bonchev–Trinajstić information content (AvgIpc) is 2.82. The van der Waals surface area contributed by atoms with Gasteiger partial charge in [0.2, 0.25) is 0 Å². The van der Waals surface area contributed by atoms with Crippen molar-refractivity contribution in [2.45, 2.75) is 86.2 Å². The van der Waals surface area contributed by atoms with E-state index in [1.807, 2.05) is 37.3 Å². The molecule has 1 N–H and O–H groups in total. The molecule has 3 heteroatoms. The number of ether oxygens (including phenoxy) is 2. The predicted molar refractivity (Wildman–Crippen MR) is 155 cm³/mol. The summed E-state index contributed by atoms with van der Waals surface area (Å²) in [5.41, 5.74) is 7.13. The van der Waals surface area contributed by atoms with Crippen molar-refractivity contribution in [2.75, 3.05) is 14.2 Å². The van der Waals surface area contributed by atoms with E-state index in [-0.39, 0.29) is 0 Å². The topological polar surface area (TPSA) is 38.7 Å². The van der Waals surface area contributed by atoms with Gasteiger partial charge in [-0.05, 0) is 80.1 Å².